The summed E-state index contributed by atoms with van der Waals surface area (Å²) in [5, 5.41) is 3.47. The molecule has 0 aromatic carbocycles. The zero-order valence-electron chi connectivity index (χ0n) is 14.9. The van der Waals surface area contributed by atoms with Crippen molar-refractivity contribution in [3.8, 4) is 0 Å². The van der Waals surface area contributed by atoms with Gasteiger partial charge in [0, 0.05) is 26.2 Å². The molecule has 0 spiro atoms. The molecular weight excluding hydrogens is 260 g/mol. The molecule has 4 nitrogen and oxygen atoms in total. The Morgan fingerprint density at radius 3 is 2.57 bits per heavy atom. The van der Waals surface area contributed by atoms with Crippen LogP contribution in [0, 0.1) is 11.8 Å². The summed E-state index contributed by atoms with van der Waals surface area (Å²) in [6.07, 6.45) is 5.08. The minimum Gasteiger partial charge on any atom is -0.357 e. The highest BCUT2D eigenvalue weighted by molar-refractivity contribution is 5.80. The lowest BCUT2D eigenvalue weighted by atomic mass is 9.87. The largest absolute Gasteiger partial charge is 0.357 e. The van der Waals surface area contributed by atoms with Gasteiger partial charge in [-0.05, 0) is 52.2 Å². The Balaban J connectivity index is 2.51. The van der Waals surface area contributed by atoms with E-state index in [2.05, 4.69) is 50.0 Å². The molecule has 1 atom stereocenters. The summed E-state index contributed by atoms with van der Waals surface area (Å²) in [4.78, 5) is 9.52. The first-order valence-corrected chi connectivity index (χ1v) is 8.80. The second kappa shape index (κ2) is 10.0. The van der Waals surface area contributed by atoms with Gasteiger partial charge in [0.1, 0.15) is 0 Å². The molecule has 1 rings (SSSR count). The van der Waals surface area contributed by atoms with E-state index in [0.29, 0.717) is 0 Å². The third-order valence-corrected chi connectivity index (χ3v) is 4.60. The van der Waals surface area contributed by atoms with Gasteiger partial charge in [0.15, 0.2) is 5.96 Å². The van der Waals surface area contributed by atoms with Gasteiger partial charge in [0.05, 0.1) is 0 Å². The van der Waals surface area contributed by atoms with Gasteiger partial charge in [-0.25, -0.2) is 0 Å². The molecule has 1 aliphatic rings. The number of aliphatic imine (C=N–C) groups is 1. The fraction of sp³-hybridized carbons (Fsp3) is 0.941. The first-order chi connectivity index (χ1) is 10.1. The highest BCUT2D eigenvalue weighted by Crippen LogP contribution is 2.28. The summed E-state index contributed by atoms with van der Waals surface area (Å²) in [5.74, 6) is 2.86. The second-order valence-electron chi connectivity index (χ2n) is 6.46. The zero-order valence-corrected chi connectivity index (χ0v) is 14.9. The number of hydrogen-bond acceptors (Lipinski definition) is 2. The summed E-state index contributed by atoms with van der Waals surface area (Å²) in [5.41, 5.74) is 0. The molecule has 0 bridgehead atoms. The molecule has 1 aliphatic heterocycles. The van der Waals surface area contributed by atoms with E-state index in [9.17, 15) is 0 Å². The summed E-state index contributed by atoms with van der Waals surface area (Å²) < 4.78 is 0. The fourth-order valence-electron chi connectivity index (χ4n) is 3.32. The van der Waals surface area contributed by atoms with Crippen molar-refractivity contribution in [1.29, 1.82) is 0 Å². The van der Waals surface area contributed by atoms with E-state index < -0.39 is 0 Å². The molecule has 0 aromatic heterocycles. The predicted octanol–water partition coefficient (Wildman–Crippen LogP) is 2.66. The van der Waals surface area contributed by atoms with Crippen molar-refractivity contribution >= 4 is 5.96 Å². The van der Waals surface area contributed by atoms with Crippen molar-refractivity contribution in [3.63, 3.8) is 0 Å². The van der Waals surface area contributed by atoms with Gasteiger partial charge < -0.3 is 15.1 Å². The third-order valence-electron chi connectivity index (χ3n) is 4.60. The van der Waals surface area contributed by atoms with E-state index in [1.165, 1.54) is 32.4 Å². The van der Waals surface area contributed by atoms with E-state index >= 15 is 0 Å². The Morgan fingerprint density at radius 1 is 1.29 bits per heavy atom. The van der Waals surface area contributed by atoms with E-state index in [1.807, 2.05) is 0 Å². The van der Waals surface area contributed by atoms with Gasteiger partial charge in [0.25, 0.3) is 0 Å². The highest BCUT2D eigenvalue weighted by Gasteiger charge is 2.29. The van der Waals surface area contributed by atoms with Crippen molar-refractivity contribution in [3.05, 3.63) is 0 Å². The molecule has 0 aliphatic carbocycles. The minimum atomic E-state index is 0.852. The van der Waals surface area contributed by atoms with Crippen LogP contribution in [0.15, 0.2) is 4.99 Å². The minimum absolute atomic E-state index is 0.852. The monoisotopic (exact) mass is 296 g/mol. The molecular formula is C17H36N4. The quantitative estimate of drug-likeness (QED) is 0.424. The molecule has 1 heterocycles. The van der Waals surface area contributed by atoms with Crippen LogP contribution >= 0.6 is 0 Å². The van der Waals surface area contributed by atoms with Crippen molar-refractivity contribution < 1.29 is 0 Å². The number of rotatable bonds is 8. The van der Waals surface area contributed by atoms with Crippen molar-refractivity contribution in [2.24, 2.45) is 16.8 Å². The van der Waals surface area contributed by atoms with Crippen LogP contribution < -0.4 is 5.32 Å². The highest BCUT2D eigenvalue weighted by atomic mass is 15.3. The average Bonchev–Trinajstić information content (AvgIpc) is 2.93. The molecule has 0 amide bonds. The smallest absolute Gasteiger partial charge is 0.193 e. The number of nitrogens with one attached hydrogen (secondary N) is 1. The Labute approximate surface area is 132 Å². The Morgan fingerprint density at radius 2 is 2.00 bits per heavy atom. The zero-order chi connectivity index (χ0) is 15.7. The normalized spacial score (nSPS) is 19.9. The lowest BCUT2D eigenvalue weighted by molar-refractivity contribution is 0.319. The Kier molecular flexibility index (Phi) is 8.74. The molecule has 124 valence electrons. The van der Waals surface area contributed by atoms with Crippen LogP contribution in [0.5, 0.6) is 0 Å². The molecule has 0 aromatic rings. The van der Waals surface area contributed by atoms with Crippen LogP contribution in [-0.2, 0) is 0 Å². The van der Waals surface area contributed by atoms with Crippen LogP contribution in [0.4, 0.5) is 0 Å². The predicted molar refractivity (Wildman–Crippen MR) is 92.9 cm³/mol. The fourth-order valence-corrected chi connectivity index (χ4v) is 3.32. The first-order valence-electron chi connectivity index (χ1n) is 8.80. The summed E-state index contributed by atoms with van der Waals surface area (Å²) in [6, 6.07) is 0. The molecule has 1 saturated heterocycles. The van der Waals surface area contributed by atoms with Crippen molar-refractivity contribution in [2.45, 2.75) is 46.5 Å². The van der Waals surface area contributed by atoms with Gasteiger partial charge in [-0.3, -0.25) is 4.99 Å². The average molecular weight is 297 g/mol. The molecule has 0 saturated carbocycles. The third kappa shape index (κ3) is 6.25. The molecule has 1 fully saturated rings. The Hall–Kier alpha value is -0.770. The summed E-state index contributed by atoms with van der Waals surface area (Å²) in [7, 11) is 4.24. The van der Waals surface area contributed by atoms with Crippen LogP contribution in [0.1, 0.15) is 46.5 Å². The lowest BCUT2D eigenvalue weighted by Crippen LogP contribution is -2.40. The van der Waals surface area contributed by atoms with Crippen LogP contribution in [-0.4, -0.2) is 62.6 Å². The number of likely N-dealkylation sites (tertiary alicyclic amines) is 1. The van der Waals surface area contributed by atoms with E-state index in [1.54, 1.807) is 0 Å². The maximum atomic E-state index is 4.82. The van der Waals surface area contributed by atoms with Crippen LogP contribution in [0.2, 0.25) is 0 Å². The second-order valence-corrected chi connectivity index (χ2v) is 6.46. The standard InChI is InChI=1S/C17H36N4/c1-6-15(7-2)16-10-13-21(14-16)17(18-8-3)19-11-9-12-20(4)5/h15-16H,6-14H2,1-5H3,(H,18,19). The maximum absolute atomic E-state index is 4.82. The number of guanidine groups is 1. The lowest BCUT2D eigenvalue weighted by Gasteiger charge is -2.24. The van der Waals surface area contributed by atoms with Crippen LogP contribution in [0.3, 0.4) is 0 Å². The molecule has 4 heteroatoms. The van der Waals surface area contributed by atoms with Crippen molar-refractivity contribution in [1.82, 2.24) is 15.1 Å². The van der Waals surface area contributed by atoms with E-state index in [-0.39, 0.29) is 0 Å². The maximum Gasteiger partial charge on any atom is 0.193 e. The Bertz CT molecular complexity index is 297. The summed E-state index contributed by atoms with van der Waals surface area (Å²) in [6.45, 7) is 12.2. The molecule has 1 unspecified atom stereocenters. The first kappa shape index (κ1) is 18.3. The SMILES string of the molecule is CCNC(=NCCCN(C)C)N1CCC(C(CC)CC)C1. The van der Waals surface area contributed by atoms with Crippen molar-refractivity contribution in [2.75, 3.05) is 46.8 Å². The summed E-state index contributed by atoms with van der Waals surface area (Å²) >= 11 is 0. The van der Waals surface area contributed by atoms with Crippen LogP contribution in [0.25, 0.3) is 0 Å². The number of hydrogen-bond donors (Lipinski definition) is 1. The molecule has 0 radical (unpaired) electrons. The van der Waals surface area contributed by atoms with Gasteiger partial charge in [-0.15, -0.1) is 0 Å². The molecule has 1 N–H and O–H groups in total. The van der Waals surface area contributed by atoms with Gasteiger partial charge in [0.2, 0.25) is 0 Å². The molecule has 21 heavy (non-hydrogen) atoms. The van der Waals surface area contributed by atoms with Gasteiger partial charge in [-0.1, -0.05) is 26.7 Å². The van der Waals surface area contributed by atoms with E-state index in [0.717, 1.165) is 43.9 Å². The van der Waals surface area contributed by atoms with E-state index in [4.69, 9.17) is 4.99 Å². The van der Waals surface area contributed by atoms with Gasteiger partial charge in [-0.2, -0.15) is 0 Å². The van der Waals surface area contributed by atoms with Gasteiger partial charge >= 0.3 is 0 Å². The number of nitrogens with zero attached hydrogens (tertiary/aromatic N) is 3. The topological polar surface area (TPSA) is 30.9 Å².